The minimum atomic E-state index is -0.314. The van der Waals surface area contributed by atoms with Crippen LogP contribution in [0, 0.1) is 11.7 Å². The normalized spacial score (nSPS) is 20.4. The molecule has 5 rings (SSSR count). The molecule has 0 unspecified atom stereocenters. The van der Waals surface area contributed by atoms with Crippen molar-refractivity contribution in [2.75, 3.05) is 43.9 Å². The minimum Gasteiger partial charge on any atom is -0.494 e. The van der Waals surface area contributed by atoms with Crippen molar-refractivity contribution < 1.29 is 9.13 Å². The van der Waals surface area contributed by atoms with Gasteiger partial charge in [-0.15, -0.1) is 15.3 Å². The first-order chi connectivity index (χ1) is 16.1. The van der Waals surface area contributed by atoms with Crippen LogP contribution in [0.15, 0.2) is 35.9 Å². The smallest absolute Gasteiger partial charge is 0.191 e. The number of aromatic nitrogens is 6. The molecule has 174 valence electrons. The highest BCUT2D eigenvalue weighted by Gasteiger charge is 2.41. The third kappa shape index (κ3) is 4.51. The Hall–Kier alpha value is -2.79. The Morgan fingerprint density at radius 1 is 1.21 bits per heavy atom. The highest BCUT2D eigenvalue weighted by atomic mass is 32.2. The average Bonchev–Trinajstić information content (AvgIpc) is 3.52. The van der Waals surface area contributed by atoms with Crippen molar-refractivity contribution in [1.29, 1.82) is 0 Å². The molecule has 33 heavy (non-hydrogen) atoms. The van der Waals surface area contributed by atoms with E-state index in [1.807, 2.05) is 23.7 Å². The maximum absolute atomic E-state index is 13.8. The van der Waals surface area contributed by atoms with Gasteiger partial charge >= 0.3 is 0 Å². The van der Waals surface area contributed by atoms with Crippen molar-refractivity contribution in [2.45, 2.75) is 24.0 Å². The van der Waals surface area contributed by atoms with Crippen molar-refractivity contribution in [3.05, 3.63) is 36.5 Å². The first-order valence-electron chi connectivity index (χ1n) is 11.1. The molecule has 1 aromatic carbocycles. The van der Waals surface area contributed by atoms with Crippen LogP contribution < -0.4 is 9.64 Å². The van der Waals surface area contributed by atoms with Crippen LogP contribution in [0.5, 0.6) is 5.75 Å². The summed E-state index contributed by atoms with van der Waals surface area (Å²) in [5.74, 6) is 2.32. The zero-order valence-electron chi connectivity index (χ0n) is 18.8. The molecule has 4 heterocycles. The van der Waals surface area contributed by atoms with Gasteiger partial charge in [-0.1, -0.05) is 11.8 Å². The molecule has 0 amide bonds. The quantitative estimate of drug-likeness (QED) is 0.364. The number of ether oxygens (including phenoxy) is 1. The molecular weight excluding hydrogens is 443 g/mol. The fourth-order valence-corrected chi connectivity index (χ4v) is 5.68. The molecule has 2 aliphatic heterocycles. The topological polar surface area (TPSA) is 85.1 Å². The molecule has 0 radical (unpaired) electrons. The SMILES string of the molecule is COc1cc(N2CC[C@@H]3CN(CCCSc4nnc(-c5cnncn5)n4C)C[C@@H]32)ccc1F. The van der Waals surface area contributed by atoms with E-state index in [2.05, 4.69) is 35.2 Å². The zero-order chi connectivity index (χ0) is 22.8. The van der Waals surface area contributed by atoms with Gasteiger partial charge in [-0.25, -0.2) is 9.37 Å². The third-order valence-corrected chi connectivity index (χ3v) is 7.61. The van der Waals surface area contributed by atoms with Crippen LogP contribution >= 0.6 is 11.8 Å². The van der Waals surface area contributed by atoms with Gasteiger partial charge in [0.05, 0.1) is 13.3 Å². The summed E-state index contributed by atoms with van der Waals surface area (Å²) in [5, 5.41) is 17.0. The Morgan fingerprint density at radius 2 is 2.12 bits per heavy atom. The van der Waals surface area contributed by atoms with Gasteiger partial charge < -0.3 is 19.1 Å². The number of rotatable bonds is 8. The molecule has 0 aliphatic carbocycles. The summed E-state index contributed by atoms with van der Waals surface area (Å²) < 4.78 is 21.0. The lowest BCUT2D eigenvalue weighted by molar-refractivity contribution is 0.319. The first-order valence-corrected chi connectivity index (χ1v) is 12.1. The van der Waals surface area contributed by atoms with Crippen LogP contribution in [-0.2, 0) is 7.05 Å². The zero-order valence-corrected chi connectivity index (χ0v) is 19.6. The van der Waals surface area contributed by atoms with Crippen LogP contribution in [0.2, 0.25) is 0 Å². The summed E-state index contributed by atoms with van der Waals surface area (Å²) in [5.41, 5.74) is 1.72. The van der Waals surface area contributed by atoms with Gasteiger partial charge in [-0.3, -0.25) is 0 Å². The summed E-state index contributed by atoms with van der Waals surface area (Å²) in [4.78, 5) is 9.17. The van der Waals surface area contributed by atoms with Gasteiger partial charge in [-0.2, -0.15) is 5.10 Å². The van der Waals surface area contributed by atoms with Gasteiger partial charge in [0.25, 0.3) is 0 Å². The number of hydrogen-bond acceptors (Lipinski definition) is 9. The number of fused-ring (bicyclic) bond motifs is 1. The van der Waals surface area contributed by atoms with Gasteiger partial charge in [-0.05, 0) is 37.4 Å². The van der Waals surface area contributed by atoms with E-state index < -0.39 is 0 Å². The maximum Gasteiger partial charge on any atom is 0.191 e. The Labute approximate surface area is 196 Å². The van der Waals surface area contributed by atoms with Crippen molar-refractivity contribution in [3.8, 4) is 17.3 Å². The molecular formula is C22H27FN8OS. The second-order valence-electron chi connectivity index (χ2n) is 8.44. The molecule has 11 heteroatoms. The molecule has 2 fully saturated rings. The second kappa shape index (κ2) is 9.60. The number of halogens is 1. The van der Waals surface area contributed by atoms with Crippen molar-refractivity contribution >= 4 is 17.4 Å². The lowest BCUT2D eigenvalue weighted by Crippen LogP contribution is -2.35. The van der Waals surface area contributed by atoms with Gasteiger partial charge in [0.15, 0.2) is 22.5 Å². The van der Waals surface area contributed by atoms with Crippen LogP contribution in [0.1, 0.15) is 12.8 Å². The van der Waals surface area contributed by atoms with Crippen LogP contribution in [0.25, 0.3) is 11.5 Å². The number of benzene rings is 1. The molecule has 2 aliphatic rings. The summed E-state index contributed by atoms with van der Waals surface area (Å²) in [6.07, 6.45) is 5.25. The summed E-state index contributed by atoms with van der Waals surface area (Å²) >= 11 is 1.71. The highest BCUT2D eigenvalue weighted by Crippen LogP contribution is 2.37. The van der Waals surface area contributed by atoms with Crippen LogP contribution in [-0.4, -0.2) is 79.9 Å². The van der Waals surface area contributed by atoms with Crippen LogP contribution in [0.4, 0.5) is 10.1 Å². The molecule has 2 saturated heterocycles. The molecule has 2 aromatic heterocycles. The predicted octanol–water partition coefficient (Wildman–Crippen LogP) is 2.51. The largest absolute Gasteiger partial charge is 0.494 e. The molecule has 2 atom stereocenters. The fraction of sp³-hybridized carbons (Fsp3) is 0.500. The predicted molar refractivity (Wildman–Crippen MR) is 124 cm³/mol. The van der Waals surface area contributed by atoms with Crippen molar-refractivity contribution in [3.63, 3.8) is 0 Å². The highest BCUT2D eigenvalue weighted by molar-refractivity contribution is 7.99. The molecule has 0 bridgehead atoms. The number of nitrogens with zero attached hydrogens (tertiary/aromatic N) is 8. The summed E-state index contributed by atoms with van der Waals surface area (Å²) in [6.45, 7) is 4.24. The lowest BCUT2D eigenvalue weighted by Gasteiger charge is -2.27. The van der Waals surface area contributed by atoms with E-state index in [-0.39, 0.29) is 5.82 Å². The molecule has 0 N–H and O–H groups in total. The average molecular weight is 471 g/mol. The molecule has 3 aromatic rings. The van der Waals surface area contributed by atoms with Gasteiger partial charge in [0.2, 0.25) is 0 Å². The van der Waals surface area contributed by atoms with E-state index in [1.54, 1.807) is 18.0 Å². The monoisotopic (exact) mass is 470 g/mol. The Balaban J connectivity index is 1.12. The van der Waals surface area contributed by atoms with Crippen molar-refractivity contribution in [1.82, 2.24) is 34.8 Å². The number of hydrogen-bond donors (Lipinski definition) is 0. The van der Waals surface area contributed by atoms with Gasteiger partial charge in [0.1, 0.15) is 12.0 Å². The molecule has 0 saturated carbocycles. The van der Waals surface area contributed by atoms with E-state index >= 15 is 0 Å². The number of thioether (sulfide) groups is 1. The Kier molecular flexibility index (Phi) is 6.41. The molecule has 0 spiro atoms. The van der Waals surface area contributed by atoms with Crippen LogP contribution in [0.3, 0.4) is 0 Å². The fourth-order valence-electron chi connectivity index (χ4n) is 4.85. The minimum absolute atomic E-state index is 0.311. The summed E-state index contributed by atoms with van der Waals surface area (Å²) in [7, 11) is 3.46. The van der Waals surface area contributed by atoms with E-state index in [0.29, 0.717) is 29.2 Å². The van der Waals surface area contributed by atoms with E-state index in [1.165, 1.54) is 25.9 Å². The summed E-state index contributed by atoms with van der Waals surface area (Å²) in [6, 6.07) is 5.68. The standard InChI is InChI=1S/C22H27FN8OS/c1-29-21(18-11-25-26-14-24-18)27-28-22(29)33-9-3-7-30-12-15-6-8-31(19(15)13-30)16-4-5-17(23)20(10-16)32-2/h4-5,10-11,14-15,19H,3,6-9,12-13H2,1-2H3/t15-,19+/m1/s1. The van der Waals surface area contributed by atoms with E-state index in [4.69, 9.17) is 4.74 Å². The second-order valence-corrected chi connectivity index (χ2v) is 9.51. The maximum atomic E-state index is 13.8. The number of anilines is 1. The van der Waals surface area contributed by atoms with E-state index in [0.717, 1.165) is 49.2 Å². The first kappa shape index (κ1) is 22.0. The number of likely N-dealkylation sites (tertiary alicyclic amines) is 1. The molecule has 9 nitrogen and oxygen atoms in total. The Bertz CT molecular complexity index is 1100. The van der Waals surface area contributed by atoms with Gasteiger partial charge in [0, 0.05) is 50.2 Å². The van der Waals surface area contributed by atoms with Crippen molar-refractivity contribution in [2.24, 2.45) is 13.0 Å². The Morgan fingerprint density at radius 3 is 2.94 bits per heavy atom. The number of methoxy groups -OCH3 is 1. The third-order valence-electron chi connectivity index (χ3n) is 6.50. The lowest BCUT2D eigenvalue weighted by atomic mass is 10.0. The van der Waals surface area contributed by atoms with E-state index in [9.17, 15) is 4.39 Å².